The lowest BCUT2D eigenvalue weighted by atomic mass is 9.81. The number of hydrogen-bond acceptors (Lipinski definition) is 6. The Balaban J connectivity index is 1.73. The number of carbonyl (C=O) groups excluding carboxylic acids is 1. The normalized spacial score (nSPS) is 18.6. The zero-order valence-electron chi connectivity index (χ0n) is 27.6. The molecular weight excluding hydrogens is 522 g/mol. The number of piperidine rings is 1. The van der Waals surface area contributed by atoms with Gasteiger partial charge in [0, 0.05) is 42.1 Å². The molecule has 42 heavy (non-hydrogen) atoms. The van der Waals surface area contributed by atoms with E-state index in [-0.39, 0.29) is 5.97 Å². The first-order chi connectivity index (χ1) is 19.9. The molecule has 1 aliphatic heterocycles. The maximum atomic E-state index is 13.5. The summed E-state index contributed by atoms with van der Waals surface area (Å²) in [4.78, 5) is 21.0. The van der Waals surface area contributed by atoms with Crippen LogP contribution in [0.1, 0.15) is 115 Å². The summed E-state index contributed by atoms with van der Waals surface area (Å²) in [5, 5.41) is 3.70. The van der Waals surface area contributed by atoms with Gasteiger partial charge in [0.25, 0.3) is 0 Å². The van der Waals surface area contributed by atoms with E-state index < -0.39 is 11.7 Å². The number of rotatable bonds is 10. The third-order valence-electron chi connectivity index (χ3n) is 8.98. The first kappa shape index (κ1) is 32.5. The van der Waals surface area contributed by atoms with Crippen LogP contribution in [0.3, 0.4) is 0 Å². The molecule has 0 spiro atoms. The fourth-order valence-corrected chi connectivity index (χ4v) is 6.57. The predicted octanol–water partition coefficient (Wildman–Crippen LogP) is 8.08. The van der Waals surface area contributed by atoms with Crippen molar-refractivity contribution < 1.29 is 14.3 Å². The van der Waals surface area contributed by atoms with Gasteiger partial charge in [-0.3, -0.25) is 4.98 Å². The Morgan fingerprint density at radius 2 is 1.69 bits per heavy atom. The summed E-state index contributed by atoms with van der Waals surface area (Å²) in [5.41, 5.74) is 6.95. The van der Waals surface area contributed by atoms with Crippen molar-refractivity contribution in [2.24, 2.45) is 11.3 Å². The van der Waals surface area contributed by atoms with E-state index in [4.69, 9.17) is 14.5 Å². The summed E-state index contributed by atoms with van der Waals surface area (Å²) >= 11 is 0. The molecule has 2 aliphatic rings. The number of benzene rings is 1. The van der Waals surface area contributed by atoms with Gasteiger partial charge in [0.1, 0.15) is 0 Å². The van der Waals surface area contributed by atoms with Gasteiger partial charge in [0.15, 0.2) is 6.10 Å². The minimum Gasteiger partial charge on any atom is -0.464 e. The quantitative estimate of drug-likeness (QED) is 0.288. The minimum atomic E-state index is -0.856. The summed E-state index contributed by atoms with van der Waals surface area (Å²) in [7, 11) is 0. The highest BCUT2D eigenvalue weighted by Crippen LogP contribution is 2.45. The second kappa shape index (κ2) is 13.9. The van der Waals surface area contributed by atoms with E-state index in [0.717, 1.165) is 78.7 Å². The minimum absolute atomic E-state index is 0.294. The number of esters is 1. The van der Waals surface area contributed by atoms with Gasteiger partial charge in [-0.1, -0.05) is 57.4 Å². The molecule has 0 radical (unpaired) electrons. The molecule has 1 N–H and O–H groups in total. The maximum absolute atomic E-state index is 13.5. The first-order valence-electron chi connectivity index (χ1n) is 16.3. The Bertz CT molecular complexity index is 1180. The number of aryl methyl sites for hydroxylation is 2. The number of carbonyl (C=O) groups is 1. The van der Waals surface area contributed by atoms with Gasteiger partial charge in [0.2, 0.25) is 0 Å². The Labute approximate surface area is 255 Å². The smallest absolute Gasteiger partial charge is 0.340 e. The van der Waals surface area contributed by atoms with Crippen LogP contribution in [0.15, 0.2) is 24.3 Å². The van der Waals surface area contributed by atoms with Crippen LogP contribution < -0.4 is 10.2 Å². The number of anilines is 1. The van der Waals surface area contributed by atoms with Gasteiger partial charge in [0.05, 0.1) is 17.9 Å². The van der Waals surface area contributed by atoms with Crippen LogP contribution in [0.25, 0.3) is 11.1 Å². The summed E-state index contributed by atoms with van der Waals surface area (Å²) in [6.45, 7) is 20.7. The monoisotopic (exact) mass is 577 g/mol. The van der Waals surface area contributed by atoms with Crippen LogP contribution in [0, 0.1) is 25.2 Å². The van der Waals surface area contributed by atoms with Crippen LogP contribution in [-0.4, -0.2) is 42.8 Å². The highest BCUT2D eigenvalue weighted by atomic mass is 16.6. The summed E-state index contributed by atoms with van der Waals surface area (Å²) in [6, 6.07) is 8.92. The fraction of sp³-hybridized carbons (Fsp3) is 0.667. The number of nitrogens with one attached hydrogen (secondary N) is 1. The van der Waals surface area contributed by atoms with Crippen molar-refractivity contribution in [2.75, 3.05) is 31.1 Å². The van der Waals surface area contributed by atoms with Crippen molar-refractivity contribution >= 4 is 11.7 Å². The van der Waals surface area contributed by atoms with E-state index in [2.05, 4.69) is 55.3 Å². The number of aromatic nitrogens is 1. The van der Waals surface area contributed by atoms with E-state index in [1.165, 1.54) is 37.7 Å². The predicted molar refractivity (Wildman–Crippen MR) is 173 cm³/mol. The molecule has 0 amide bonds. The molecular formula is C36H55N3O3. The number of nitrogens with zero attached hydrogens (tertiary/aromatic N) is 2. The second-order valence-electron chi connectivity index (χ2n) is 14.3. The molecule has 0 bridgehead atoms. The molecule has 1 saturated carbocycles. The topological polar surface area (TPSA) is 63.7 Å². The molecule has 1 aromatic heterocycles. The van der Waals surface area contributed by atoms with Crippen molar-refractivity contribution in [3.63, 3.8) is 0 Å². The third kappa shape index (κ3) is 8.35. The number of ether oxygens (including phenoxy) is 2. The van der Waals surface area contributed by atoms with E-state index in [1.807, 2.05) is 34.6 Å². The molecule has 1 aromatic carbocycles. The Hall–Kier alpha value is -2.44. The zero-order valence-corrected chi connectivity index (χ0v) is 27.6. The molecule has 232 valence electrons. The van der Waals surface area contributed by atoms with Crippen LogP contribution >= 0.6 is 0 Å². The molecule has 2 fully saturated rings. The zero-order chi connectivity index (χ0) is 30.5. The van der Waals surface area contributed by atoms with Gasteiger partial charge in [-0.25, -0.2) is 4.79 Å². The molecule has 4 rings (SSSR count). The van der Waals surface area contributed by atoms with Crippen molar-refractivity contribution in [2.45, 2.75) is 119 Å². The highest BCUT2D eigenvalue weighted by molar-refractivity contribution is 5.88. The van der Waals surface area contributed by atoms with E-state index in [1.54, 1.807) is 0 Å². The Morgan fingerprint density at radius 1 is 1.05 bits per heavy atom. The number of hydrogen-bond donors (Lipinski definition) is 1. The lowest BCUT2D eigenvalue weighted by Gasteiger charge is -2.41. The van der Waals surface area contributed by atoms with Crippen molar-refractivity contribution in [1.82, 2.24) is 10.3 Å². The molecule has 1 saturated heterocycles. The van der Waals surface area contributed by atoms with E-state index in [0.29, 0.717) is 12.0 Å². The van der Waals surface area contributed by atoms with E-state index in [9.17, 15) is 4.79 Å². The standard InChI is InChI=1S/C36H55N3O3/c1-9-41-34(40)33(42-35(4,5)6)31-26(3)38-25(2)30(32(31)39-21-19-36(7,8)20-22-39)29-17-15-28(16-18-29)24-37-23-27-13-11-10-12-14-27/h15-18,27,33,37H,9-14,19-24H2,1-8H3/t33-/m0/s1. The molecule has 1 atom stereocenters. The van der Waals surface area contributed by atoms with Gasteiger partial charge in [-0.05, 0) is 96.2 Å². The van der Waals surface area contributed by atoms with Gasteiger partial charge in [-0.15, -0.1) is 0 Å². The summed E-state index contributed by atoms with van der Waals surface area (Å²) in [5.74, 6) is 0.461. The summed E-state index contributed by atoms with van der Waals surface area (Å²) < 4.78 is 12.1. The molecule has 0 unspecified atom stereocenters. The second-order valence-corrected chi connectivity index (χ2v) is 14.3. The summed E-state index contributed by atoms with van der Waals surface area (Å²) in [6.07, 6.45) is 8.18. The molecule has 1 aliphatic carbocycles. The van der Waals surface area contributed by atoms with Crippen molar-refractivity contribution in [3.8, 4) is 11.1 Å². The Kier molecular flexibility index (Phi) is 10.7. The van der Waals surface area contributed by atoms with Crippen molar-refractivity contribution in [3.05, 3.63) is 46.8 Å². The number of pyridine rings is 1. The third-order valence-corrected chi connectivity index (χ3v) is 8.98. The highest BCUT2D eigenvalue weighted by Gasteiger charge is 2.37. The molecule has 2 heterocycles. The Morgan fingerprint density at radius 3 is 2.29 bits per heavy atom. The van der Waals surface area contributed by atoms with Crippen LogP contribution in [-0.2, 0) is 20.8 Å². The molecule has 6 nitrogen and oxygen atoms in total. The molecule has 6 heteroatoms. The largest absolute Gasteiger partial charge is 0.464 e. The van der Waals surface area contributed by atoms with Gasteiger partial charge < -0.3 is 19.7 Å². The fourth-order valence-electron chi connectivity index (χ4n) is 6.57. The molecule has 2 aromatic rings. The average molecular weight is 578 g/mol. The SMILES string of the molecule is CCOC(=O)[C@@H](OC(C)(C)C)c1c(C)nc(C)c(-c2ccc(CNCC3CCCCC3)cc2)c1N1CCC(C)(C)CC1. The lowest BCUT2D eigenvalue weighted by molar-refractivity contribution is -0.166. The van der Waals surface area contributed by atoms with Crippen molar-refractivity contribution in [1.29, 1.82) is 0 Å². The van der Waals surface area contributed by atoms with E-state index >= 15 is 0 Å². The van der Waals surface area contributed by atoms with Gasteiger partial charge in [-0.2, -0.15) is 0 Å². The lowest BCUT2D eigenvalue weighted by Crippen LogP contribution is -2.39. The maximum Gasteiger partial charge on any atom is 0.340 e. The van der Waals surface area contributed by atoms with Gasteiger partial charge >= 0.3 is 5.97 Å². The first-order valence-corrected chi connectivity index (χ1v) is 16.3. The average Bonchev–Trinajstić information content (AvgIpc) is 2.92. The van der Waals surface area contributed by atoms with Crippen LogP contribution in [0.5, 0.6) is 0 Å². The van der Waals surface area contributed by atoms with Crippen LogP contribution in [0.2, 0.25) is 0 Å². The van der Waals surface area contributed by atoms with Crippen LogP contribution in [0.4, 0.5) is 5.69 Å².